The van der Waals surface area contributed by atoms with Crippen LogP contribution in [-0.4, -0.2) is 8.07 Å². The summed E-state index contributed by atoms with van der Waals surface area (Å²) in [5, 5.41) is 5.89. The van der Waals surface area contributed by atoms with Gasteiger partial charge in [0.05, 0.1) is 0 Å². The maximum atomic E-state index is 2.43. The standard InChI is InChI=1S/C30H33Si.3ClH.Ti/c1-22-11-7-14-25(19-22)31(26-15-8-12-23(2)20-26,27-16-9-13-24(3)21-27)29-18-10-17-28(29)30(4,5)6;;;;/h7-21H,1-6H3;3*1H;/q-1;;;;+4/p-3. The zero-order chi connectivity index (χ0) is 22.2. The van der Waals surface area contributed by atoms with Gasteiger partial charge in [0.25, 0.3) is 0 Å². The van der Waals surface area contributed by atoms with Crippen molar-refractivity contribution in [1.29, 1.82) is 0 Å². The third kappa shape index (κ3) is 6.58. The average molecular weight is 576 g/mol. The minimum absolute atomic E-state index is 0. The average Bonchev–Trinajstić information content (AvgIpc) is 3.20. The van der Waals surface area contributed by atoms with Crippen molar-refractivity contribution in [3.8, 4) is 0 Å². The molecule has 0 aliphatic carbocycles. The zero-order valence-corrected chi connectivity index (χ0v) is 26.1. The summed E-state index contributed by atoms with van der Waals surface area (Å²) in [6, 6.07) is 34.7. The monoisotopic (exact) mass is 574 g/mol. The fourth-order valence-electron chi connectivity index (χ4n) is 5.00. The summed E-state index contributed by atoms with van der Waals surface area (Å²) in [6.07, 6.45) is 0. The summed E-state index contributed by atoms with van der Waals surface area (Å²) >= 11 is 0. The Labute approximate surface area is 246 Å². The van der Waals surface area contributed by atoms with Gasteiger partial charge in [-0.05, 0) is 26.2 Å². The van der Waals surface area contributed by atoms with Crippen LogP contribution < -0.4 is 58.0 Å². The third-order valence-electron chi connectivity index (χ3n) is 6.38. The molecule has 0 radical (unpaired) electrons. The molecule has 0 saturated carbocycles. The largest absolute Gasteiger partial charge is 4.00 e. The Morgan fingerprint density at radius 3 is 1.26 bits per heavy atom. The molecule has 0 spiro atoms. The van der Waals surface area contributed by atoms with Crippen LogP contribution in [0.4, 0.5) is 0 Å². The van der Waals surface area contributed by atoms with Gasteiger partial charge in [0, 0.05) is 0 Å². The fourth-order valence-corrected chi connectivity index (χ4v) is 10.5. The second-order valence-corrected chi connectivity index (χ2v) is 13.7. The molecular weight excluding hydrogens is 543 g/mol. The predicted molar refractivity (Wildman–Crippen MR) is 139 cm³/mol. The van der Waals surface area contributed by atoms with Crippen molar-refractivity contribution in [3.05, 3.63) is 113 Å². The summed E-state index contributed by atoms with van der Waals surface area (Å²) in [5.74, 6) is 0. The second kappa shape index (κ2) is 13.4. The van der Waals surface area contributed by atoms with E-state index in [1.54, 1.807) is 0 Å². The quantitative estimate of drug-likeness (QED) is 0.132. The van der Waals surface area contributed by atoms with Crippen molar-refractivity contribution >= 4 is 28.8 Å². The Bertz CT molecular complexity index is 1110. The molecule has 0 aromatic heterocycles. The second-order valence-electron chi connectivity index (χ2n) is 9.96. The van der Waals surface area contributed by atoms with Gasteiger partial charge in [-0.1, -0.05) is 126 Å². The predicted octanol–water partition coefficient (Wildman–Crippen LogP) is -3.98. The van der Waals surface area contributed by atoms with Crippen molar-refractivity contribution in [3.63, 3.8) is 0 Å². The van der Waals surface area contributed by atoms with Gasteiger partial charge in [0.1, 0.15) is 8.07 Å². The van der Waals surface area contributed by atoms with Gasteiger partial charge >= 0.3 is 21.7 Å². The number of rotatable bonds is 4. The molecule has 0 N–H and O–H groups in total. The van der Waals surface area contributed by atoms with Crippen LogP contribution in [0.15, 0.2) is 91.0 Å². The molecule has 5 heteroatoms. The molecular formula is C30H33Cl3SiTi. The van der Waals surface area contributed by atoms with Crippen LogP contribution in [0, 0.1) is 20.8 Å². The summed E-state index contributed by atoms with van der Waals surface area (Å²) in [5.41, 5.74) is 5.49. The summed E-state index contributed by atoms with van der Waals surface area (Å²) < 4.78 is 0. The van der Waals surface area contributed by atoms with Crippen LogP contribution in [-0.2, 0) is 27.1 Å². The molecule has 0 atom stereocenters. The van der Waals surface area contributed by atoms with Gasteiger partial charge in [-0.3, -0.25) is 0 Å². The van der Waals surface area contributed by atoms with E-state index in [1.807, 2.05) is 0 Å². The fraction of sp³-hybridized carbons (Fsp3) is 0.233. The van der Waals surface area contributed by atoms with E-state index >= 15 is 0 Å². The van der Waals surface area contributed by atoms with Gasteiger partial charge in [-0.2, -0.15) is 11.6 Å². The first kappa shape index (κ1) is 33.8. The van der Waals surface area contributed by atoms with Crippen LogP contribution >= 0.6 is 0 Å². The zero-order valence-electron chi connectivity index (χ0n) is 21.3. The molecule has 0 fully saturated rings. The number of hydrogen-bond donors (Lipinski definition) is 0. The molecule has 4 aromatic carbocycles. The van der Waals surface area contributed by atoms with Gasteiger partial charge in [-0.15, -0.1) is 5.19 Å². The summed E-state index contributed by atoms with van der Waals surface area (Å²) in [7, 11) is -2.50. The SMILES string of the molecule is Cc1cccc([Si](c2cccc(C)c2)(c2cccc(C)c2)[c-]2cccc2C(C)(C)C)c1.[Cl-].[Cl-].[Cl-].[Ti+4]. The van der Waals surface area contributed by atoms with Crippen LogP contribution in [0.2, 0.25) is 0 Å². The minimum atomic E-state index is -2.50. The number of benzene rings is 3. The van der Waals surface area contributed by atoms with Crippen molar-refractivity contribution in [2.45, 2.75) is 47.0 Å². The number of hydrogen-bond acceptors (Lipinski definition) is 0. The Balaban J connectivity index is 0.00000289. The molecule has 0 aliphatic rings. The molecule has 0 amide bonds. The van der Waals surface area contributed by atoms with Crippen molar-refractivity contribution in [2.75, 3.05) is 0 Å². The molecule has 35 heavy (non-hydrogen) atoms. The maximum absolute atomic E-state index is 2.50. The van der Waals surface area contributed by atoms with Crippen LogP contribution in [0.1, 0.15) is 43.0 Å². The molecule has 4 rings (SSSR count). The first-order chi connectivity index (χ1) is 14.7. The molecule has 4 aromatic rings. The molecule has 0 bridgehead atoms. The van der Waals surface area contributed by atoms with Gasteiger partial charge < -0.3 is 37.2 Å². The van der Waals surface area contributed by atoms with Crippen LogP contribution in [0.25, 0.3) is 0 Å². The minimum Gasteiger partial charge on any atom is -1.00 e. The van der Waals surface area contributed by atoms with E-state index in [-0.39, 0.29) is 64.4 Å². The van der Waals surface area contributed by atoms with Gasteiger partial charge in [-0.25, -0.2) is 12.1 Å². The molecule has 0 aliphatic heterocycles. The van der Waals surface area contributed by atoms with E-state index < -0.39 is 8.07 Å². The van der Waals surface area contributed by atoms with Crippen LogP contribution in [0.5, 0.6) is 0 Å². The topological polar surface area (TPSA) is 0 Å². The van der Waals surface area contributed by atoms with Crippen LogP contribution in [0.3, 0.4) is 0 Å². The third-order valence-corrected chi connectivity index (χ3v) is 11.2. The van der Waals surface area contributed by atoms with Crippen molar-refractivity contribution in [2.24, 2.45) is 0 Å². The Hall–Kier alpha value is -1.19. The van der Waals surface area contributed by atoms with E-state index in [1.165, 1.54) is 43.0 Å². The van der Waals surface area contributed by atoms with E-state index in [0.29, 0.717) is 0 Å². The van der Waals surface area contributed by atoms with E-state index in [2.05, 4.69) is 133 Å². The van der Waals surface area contributed by atoms with Crippen molar-refractivity contribution < 1.29 is 58.9 Å². The molecule has 0 saturated heterocycles. The molecule has 0 nitrogen and oxygen atoms in total. The van der Waals surface area contributed by atoms with Gasteiger partial charge in [0.15, 0.2) is 0 Å². The normalized spacial score (nSPS) is 10.8. The molecule has 0 heterocycles. The molecule has 182 valence electrons. The van der Waals surface area contributed by atoms with Gasteiger partial charge in [0.2, 0.25) is 0 Å². The van der Waals surface area contributed by atoms with E-state index in [0.717, 1.165) is 0 Å². The summed E-state index contributed by atoms with van der Waals surface area (Å²) in [6.45, 7) is 13.7. The first-order valence-electron chi connectivity index (χ1n) is 11.2. The van der Waals surface area contributed by atoms with Crippen molar-refractivity contribution in [1.82, 2.24) is 0 Å². The summed E-state index contributed by atoms with van der Waals surface area (Å²) in [4.78, 5) is 0. The smallest absolute Gasteiger partial charge is 1.00 e. The number of halogens is 3. The number of aryl methyl sites for hydroxylation is 3. The maximum Gasteiger partial charge on any atom is 4.00 e. The Morgan fingerprint density at radius 2 is 0.943 bits per heavy atom. The molecule has 0 unspecified atom stereocenters. The Morgan fingerprint density at radius 1 is 0.571 bits per heavy atom. The first-order valence-corrected chi connectivity index (χ1v) is 13.2. The van der Waals surface area contributed by atoms with E-state index in [9.17, 15) is 0 Å². The Kier molecular flexibility index (Phi) is 12.9. The van der Waals surface area contributed by atoms with E-state index in [4.69, 9.17) is 0 Å².